The van der Waals surface area contributed by atoms with Gasteiger partial charge in [-0.1, -0.05) is 54.4 Å². The summed E-state index contributed by atoms with van der Waals surface area (Å²) in [5.74, 6) is 0.392. The Bertz CT molecular complexity index is 1030. The number of fused-ring (bicyclic) bond motifs is 1. The van der Waals surface area contributed by atoms with Crippen LogP contribution in [0.2, 0.25) is 5.15 Å². The largest absolute Gasteiger partial charge is 0.334 e. The maximum absolute atomic E-state index is 12.9. The molecule has 3 aromatic rings. The molecule has 1 saturated carbocycles. The van der Waals surface area contributed by atoms with E-state index in [1.807, 2.05) is 17.0 Å². The minimum atomic E-state index is 0.170. The highest BCUT2D eigenvalue weighted by atomic mass is 35.5. The lowest BCUT2D eigenvalue weighted by Crippen LogP contribution is -2.31. The number of aromatic nitrogens is 1. The van der Waals surface area contributed by atoms with Crippen molar-refractivity contribution < 1.29 is 4.79 Å². The Morgan fingerprint density at radius 2 is 1.93 bits per heavy atom. The van der Waals surface area contributed by atoms with Gasteiger partial charge in [-0.2, -0.15) is 0 Å². The molecule has 144 valence electrons. The first-order valence-corrected chi connectivity index (χ1v) is 10.3. The molecule has 0 radical (unpaired) electrons. The van der Waals surface area contributed by atoms with Crippen molar-refractivity contribution in [2.75, 3.05) is 0 Å². The SMILES string of the molecule is CCc1ccc2nc(Cl)c(CN(Cc3cccc(C)c3)C(=O)C3CC3)cc2c1. The second kappa shape index (κ2) is 7.92. The summed E-state index contributed by atoms with van der Waals surface area (Å²) in [4.78, 5) is 19.4. The van der Waals surface area contributed by atoms with Gasteiger partial charge in [0, 0.05) is 30.0 Å². The second-order valence-corrected chi connectivity index (χ2v) is 8.13. The predicted octanol–water partition coefficient (Wildman–Crippen LogP) is 5.70. The van der Waals surface area contributed by atoms with Crippen LogP contribution >= 0.6 is 11.6 Å². The number of hydrogen-bond acceptors (Lipinski definition) is 2. The van der Waals surface area contributed by atoms with Crippen molar-refractivity contribution in [3.05, 3.63) is 75.9 Å². The summed E-state index contributed by atoms with van der Waals surface area (Å²) in [5.41, 5.74) is 5.42. The molecule has 1 aromatic heterocycles. The van der Waals surface area contributed by atoms with Gasteiger partial charge < -0.3 is 4.90 Å². The van der Waals surface area contributed by atoms with Crippen LogP contribution in [0.4, 0.5) is 0 Å². The van der Waals surface area contributed by atoms with Gasteiger partial charge in [-0.25, -0.2) is 4.98 Å². The monoisotopic (exact) mass is 392 g/mol. The highest BCUT2D eigenvalue weighted by molar-refractivity contribution is 6.30. The summed E-state index contributed by atoms with van der Waals surface area (Å²) < 4.78 is 0. The van der Waals surface area contributed by atoms with Crippen LogP contribution in [0.15, 0.2) is 48.5 Å². The molecule has 1 aliphatic carbocycles. The number of nitrogens with zero attached hydrogens (tertiary/aromatic N) is 2. The Morgan fingerprint density at radius 1 is 1.11 bits per heavy atom. The number of rotatable bonds is 6. The maximum Gasteiger partial charge on any atom is 0.226 e. The van der Waals surface area contributed by atoms with Crippen LogP contribution < -0.4 is 0 Å². The maximum atomic E-state index is 12.9. The minimum Gasteiger partial charge on any atom is -0.334 e. The van der Waals surface area contributed by atoms with Crippen LogP contribution in [0.3, 0.4) is 0 Å². The van der Waals surface area contributed by atoms with Crippen molar-refractivity contribution in [3.8, 4) is 0 Å². The molecule has 4 heteroatoms. The number of pyridine rings is 1. The standard InChI is InChI=1S/C24H25ClN2O/c1-3-17-7-10-22-20(12-17)13-21(23(25)26-22)15-27(24(28)19-8-9-19)14-18-6-4-5-16(2)11-18/h4-7,10-13,19H,3,8-9,14-15H2,1-2H3. The molecule has 0 spiro atoms. The second-order valence-electron chi connectivity index (χ2n) is 7.78. The van der Waals surface area contributed by atoms with Gasteiger partial charge in [-0.15, -0.1) is 0 Å². The van der Waals surface area contributed by atoms with Gasteiger partial charge in [-0.05, 0) is 55.5 Å². The lowest BCUT2D eigenvalue weighted by molar-refractivity contribution is -0.133. The molecule has 1 aliphatic rings. The molecule has 0 bridgehead atoms. The smallest absolute Gasteiger partial charge is 0.226 e. The molecule has 0 atom stereocenters. The lowest BCUT2D eigenvalue weighted by atomic mass is 10.1. The van der Waals surface area contributed by atoms with Crippen LogP contribution in [-0.4, -0.2) is 15.8 Å². The average molecular weight is 393 g/mol. The first-order chi connectivity index (χ1) is 13.5. The molecule has 1 fully saturated rings. The summed E-state index contributed by atoms with van der Waals surface area (Å²) in [7, 11) is 0. The van der Waals surface area contributed by atoms with Crippen LogP contribution in [0.25, 0.3) is 10.9 Å². The van der Waals surface area contributed by atoms with E-state index in [9.17, 15) is 4.79 Å². The highest BCUT2D eigenvalue weighted by Crippen LogP contribution is 2.33. The Kier molecular flexibility index (Phi) is 5.36. The quantitative estimate of drug-likeness (QED) is 0.504. The Morgan fingerprint density at radius 3 is 2.64 bits per heavy atom. The third kappa shape index (κ3) is 4.20. The fraction of sp³-hybridized carbons (Fsp3) is 0.333. The summed E-state index contributed by atoms with van der Waals surface area (Å²) in [6.45, 7) is 5.30. The number of benzene rings is 2. The van der Waals surface area contributed by atoms with Gasteiger partial charge in [0.05, 0.1) is 5.52 Å². The van der Waals surface area contributed by atoms with E-state index in [1.54, 1.807) is 0 Å². The van der Waals surface area contributed by atoms with Gasteiger partial charge in [-0.3, -0.25) is 4.79 Å². The first-order valence-electron chi connectivity index (χ1n) is 9.96. The zero-order valence-electron chi connectivity index (χ0n) is 16.4. The van der Waals surface area contributed by atoms with Gasteiger partial charge in [0.2, 0.25) is 5.91 Å². The number of carbonyl (C=O) groups excluding carboxylic acids is 1. The van der Waals surface area contributed by atoms with E-state index in [1.165, 1.54) is 11.1 Å². The van der Waals surface area contributed by atoms with E-state index < -0.39 is 0 Å². The minimum absolute atomic E-state index is 0.170. The molecular formula is C24H25ClN2O. The van der Waals surface area contributed by atoms with Gasteiger partial charge in [0.25, 0.3) is 0 Å². The summed E-state index contributed by atoms with van der Waals surface area (Å²) >= 11 is 6.50. The Balaban J connectivity index is 1.65. The van der Waals surface area contributed by atoms with Crippen LogP contribution in [0.5, 0.6) is 0 Å². The molecular weight excluding hydrogens is 368 g/mol. The van der Waals surface area contributed by atoms with E-state index in [0.29, 0.717) is 18.2 Å². The molecule has 0 unspecified atom stereocenters. The van der Waals surface area contributed by atoms with Crippen molar-refractivity contribution in [2.24, 2.45) is 5.92 Å². The summed E-state index contributed by atoms with van der Waals surface area (Å²) in [5, 5.41) is 1.56. The average Bonchev–Trinajstić information content (AvgIpc) is 3.52. The molecule has 2 aromatic carbocycles. The Labute approximate surface area is 171 Å². The number of hydrogen-bond donors (Lipinski definition) is 0. The molecule has 0 saturated heterocycles. The van der Waals surface area contributed by atoms with Gasteiger partial charge >= 0.3 is 0 Å². The lowest BCUT2D eigenvalue weighted by Gasteiger charge is -2.24. The molecule has 3 nitrogen and oxygen atoms in total. The normalized spacial score (nSPS) is 13.7. The summed E-state index contributed by atoms with van der Waals surface area (Å²) in [6, 6.07) is 16.7. The van der Waals surface area contributed by atoms with Crippen molar-refractivity contribution in [3.63, 3.8) is 0 Å². The van der Waals surface area contributed by atoms with Crippen LogP contribution in [0, 0.1) is 12.8 Å². The molecule has 0 aliphatic heterocycles. The fourth-order valence-electron chi connectivity index (χ4n) is 3.61. The van der Waals surface area contributed by atoms with E-state index >= 15 is 0 Å². The van der Waals surface area contributed by atoms with E-state index in [0.717, 1.165) is 41.3 Å². The van der Waals surface area contributed by atoms with Crippen molar-refractivity contribution in [2.45, 2.75) is 46.2 Å². The molecule has 1 heterocycles. The third-order valence-corrected chi connectivity index (χ3v) is 5.70. The van der Waals surface area contributed by atoms with Crippen molar-refractivity contribution in [1.29, 1.82) is 0 Å². The number of amides is 1. The third-order valence-electron chi connectivity index (χ3n) is 5.37. The van der Waals surface area contributed by atoms with Crippen LogP contribution in [-0.2, 0) is 24.3 Å². The first kappa shape index (κ1) is 18.9. The molecule has 28 heavy (non-hydrogen) atoms. The van der Waals surface area contributed by atoms with Gasteiger partial charge in [0.1, 0.15) is 5.15 Å². The van der Waals surface area contributed by atoms with E-state index in [-0.39, 0.29) is 11.8 Å². The van der Waals surface area contributed by atoms with Crippen molar-refractivity contribution >= 4 is 28.4 Å². The number of carbonyl (C=O) groups is 1. The molecule has 1 amide bonds. The summed E-state index contributed by atoms with van der Waals surface area (Å²) in [6.07, 6.45) is 2.97. The zero-order valence-corrected chi connectivity index (χ0v) is 17.2. The number of aryl methyl sites for hydroxylation is 2. The highest BCUT2D eigenvalue weighted by Gasteiger charge is 2.33. The topological polar surface area (TPSA) is 33.2 Å². The Hall–Kier alpha value is -2.39. The molecule has 4 rings (SSSR count). The predicted molar refractivity (Wildman–Crippen MR) is 114 cm³/mol. The van der Waals surface area contributed by atoms with Crippen molar-refractivity contribution in [1.82, 2.24) is 9.88 Å². The van der Waals surface area contributed by atoms with Gasteiger partial charge in [0.15, 0.2) is 0 Å². The van der Waals surface area contributed by atoms with E-state index in [2.05, 4.69) is 55.2 Å². The fourth-order valence-corrected chi connectivity index (χ4v) is 3.82. The number of halogens is 1. The zero-order chi connectivity index (χ0) is 19.7. The van der Waals surface area contributed by atoms with E-state index in [4.69, 9.17) is 11.6 Å². The van der Waals surface area contributed by atoms with Crippen LogP contribution in [0.1, 0.15) is 42.0 Å². The molecule has 0 N–H and O–H groups in total.